The molecule has 0 aliphatic rings. The average molecular weight is 297 g/mol. The van der Waals surface area contributed by atoms with Crippen LogP contribution in [-0.2, 0) is 9.84 Å². The van der Waals surface area contributed by atoms with Gasteiger partial charge in [-0.25, -0.2) is 8.42 Å². The predicted octanol–water partition coefficient (Wildman–Crippen LogP) is 1.97. The summed E-state index contributed by atoms with van der Waals surface area (Å²) in [7, 11) is -3.56. The standard InChI is InChI=1S/C11H14F3NO3S/c1-8(7-15-2)18-9-3-5-10(6-4-9)19(16,17)11(12,13)14/h3-6,8,15H,7H2,1-2H3. The SMILES string of the molecule is CNCC(C)Oc1ccc(S(=O)(=O)C(F)(F)F)cc1. The van der Waals surface area contributed by atoms with Gasteiger partial charge in [0.05, 0.1) is 4.90 Å². The third-order valence-corrected chi connectivity index (χ3v) is 3.77. The Morgan fingerprint density at radius 3 is 2.21 bits per heavy atom. The fraction of sp³-hybridized carbons (Fsp3) is 0.455. The van der Waals surface area contributed by atoms with Crippen LogP contribution in [0.15, 0.2) is 29.2 Å². The van der Waals surface area contributed by atoms with Crippen molar-refractivity contribution in [2.75, 3.05) is 13.6 Å². The first-order chi connectivity index (χ1) is 8.68. The van der Waals surface area contributed by atoms with Crippen LogP contribution in [-0.4, -0.2) is 33.6 Å². The highest BCUT2D eigenvalue weighted by molar-refractivity contribution is 7.92. The Morgan fingerprint density at radius 1 is 1.26 bits per heavy atom. The number of sulfone groups is 1. The van der Waals surface area contributed by atoms with Crippen LogP contribution in [0.2, 0.25) is 0 Å². The molecule has 0 aliphatic heterocycles. The maximum Gasteiger partial charge on any atom is 0.501 e. The second-order valence-electron chi connectivity index (χ2n) is 3.91. The number of alkyl halides is 3. The molecule has 0 aliphatic carbocycles. The number of rotatable bonds is 5. The molecular weight excluding hydrogens is 283 g/mol. The van der Waals surface area contributed by atoms with E-state index >= 15 is 0 Å². The number of hydrogen-bond acceptors (Lipinski definition) is 4. The molecule has 1 aromatic carbocycles. The smallest absolute Gasteiger partial charge is 0.489 e. The molecule has 0 amide bonds. The molecule has 1 unspecified atom stereocenters. The summed E-state index contributed by atoms with van der Waals surface area (Å²) in [6.07, 6.45) is -0.185. The lowest BCUT2D eigenvalue weighted by Gasteiger charge is -2.14. The molecule has 1 aromatic rings. The Kier molecular flexibility index (Phi) is 4.81. The minimum absolute atomic E-state index is 0.185. The van der Waals surface area contributed by atoms with Crippen molar-refractivity contribution in [2.45, 2.75) is 23.4 Å². The molecule has 0 radical (unpaired) electrons. The van der Waals surface area contributed by atoms with Gasteiger partial charge in [-0.2, -0.15) is 13.2 Å². The van der Waals surface area contributed by atoms with Crippen molar-refractivity contribution in [1.82, 2.24) is 5.32 Å². The van der Waals surface area contributed by atoms with Crippen LogP contribution < -0.4 is 10.1 Å². The van der Waals surface area contributed by atoms with Gasteiger partial charge in [0.15, 0.2) is 0 Å². The van der Waals surface area contributed by atoms with E-state index in [1.165, 1.54) is 12.1 Å². The second-order valence-corrected chi connectivity index (χ2v) is 5.85. The van der Waals surface area contributed by atoms with E-state index < -0.39 is 20.2 Å². The van der Waals surface area contributed by atoms with Crippen LogP contribution in [0.5, 0.6) is 5.75 Å². The first kappa shape index (κ1) is 15.8. The van der Waals surface area contributed by atoms with Gasteiger partial charge in [-0.05, 0) is 38.2 Å². The lowest BCUT2D eigenvalue weighted by molar-refractivity contribution is -0.0436. The number of likely N-dealkylation sites (N-methyl/N-ethyl adjacent to an activating group) is 1. The van der Waals surface area contributed by atoms with Crippen molar-refractivity contribution in [3.05, 3.63) is 24.3 Å². The minimum Gasteiger partial charge on any atom is -0.489 e. The molecular formula is C11H14F3NO3S. The Bertz CT molecular complexity index is 511. The highest BCUT2D eigenvalue weighted by atomic mass is 32.2. The number of benzene rings is 1. The van der Waals surface area contributed by atoms with E-state index in [0.717, 1.165) is 12.1 Å². The molecule has 0 heterocycles. The maximum atomic E-state index is 12.3. The van der Waals surface area contributed by atoms with Gasteiger partial charge in [0.1, 0.15) is 11.9 Å². The van der Waals surface area contributed by atoms with Crippen molar-refractivity contribution < 1.29 is 26.3 Å². The second kappa shape index (κ2) is 5.79. The Labute approximate surface area is 109 Å². The van der Waals surface area contributed by atoms with Crippen molar-refractivity contribution in [3.8, 4) is 5.75 Å². The van der Waals surface area contributed by atoms with Crippen molar-refractivity contribution in [3.63, 3.8) is 0 Å². The normalized spacial score (nSPS) is 14.2. The first-order valence-electron chi connectivity index (χ1n) is 5.41. The predicted molar refractivity (Wildman–Crippen MR) is 63.7 cm³/mol. The summed E-state index contributed by atoms with van der Waals surface area (Å²) in [6.45, 7) is 2.33. The summed E-state index contributed by atoms with van der Waals surface area (Å²) in [6, 6.07) is 4.16. The summed E-state index contributed by atoms with van der Waals surface area (Å²) in [5, 5.41) is 2.87. The van der Waals surface area contributed by atoms with Gasteiger partial charge in [-0.15, -0.1) is 0 Å². The van der Waals surface area contributed by atoms with Crippen LogP contribution >= 0.6 is 0 Å². The van der Waals surface area contributed by atoms with Gasteiger partial charge >= 0.3 is 5.51 Å². The van der Waals surface area contributed by atoms with E-state index in [2.05, 4.69) is 5.32 Å². The average Bonchev–Trinajstić information content (AvgIpc) is 2.28. The molecule has 0 aromatic heterocycles. The van der Waals surface area contributed by atoms with Crippen molar-refractivity contribution >= 4 is 9.84 Å². The van der Waals surface area contributed by atoms with E-state index in [4.69, 9.17) is 4.74 Å². The highest BCUT2D eigenvalue weighted by Gasteiger charge is 2.46. The zero-order valence-electron chi connectivity index (χ0n) is 10.4. The van der Waals surface area contributed by atoms with E-state index in [9.17, 15) is 21.6 Å². The quantitative estimate of drug-likeness (QED) is 0.903. The summed E-state index contributed by atoms with van der Waals surface area (Å²) in [5.74, 6) is 0.309. The van der Waals surface area contributed by atoms with Crippen molar-refractivity contribution in [1.29, 1.82) is 0 Å². The van der Waals surface area contributed by atoms with Gasteiger partial charge < -0.3 is 10.1 Å². The molecule has 19 heavy (non-hydrogen) atoms. The van der Waals surface area contributed by atoms with Gasteiger partial charge in [0.25, 0.3) is 9.84 Å². The van der Waals surface area contributed by atoms with Crippen LogP contribution in [0.3, 0.4) is 0 Å². The lowest BCUT2D eigenvalue weighted by Crippen LogP contribution is -2.26. The number of hydrogen-bond donors (Lipinski definition) is 1. The van der Waals surface area contributed by atoms with Crippen LogP contribution in [0.4, 0.5) is 13.2 Å². The van der Waals surface area contributed by atoms with E-state index in [1.807, 2.05) is 0 Å². The summed E-state index contributed by atoms with van der Waals surface area (Å²) in [5.41, 5.74) is -5.30. The largest absolute Gasteiger partial charge is 0.501 e. The third-order valence-electron chi connectivity index (χ3n) is 2.27. The van der Waals surface area contributed by atoms with E-state index in [1.54, 1.807) is 14.0 Å². The van der Waals surface area contributed by atoms with Crippen molar-refractivity contribution in [2.24, 2.45) is 0 Å². The minimum atomic E-state index is -5.30. The Balaban J connectivity index is 2.89. The van der Waals surface area contributed by atoms with E-state index in [0.29, 0.717) is 12.3 Å². The van der Waals surface area contributed by atoms with Gasteiger partial charge in [-0.1, -0.05) is 0 Å². The fourth-order valence-corrected chi connectivity index (χ4v) is 2.15. The highest BCUT2D eigenvalue weighted by Crippen LogP contribution is 2.31. The summed E-state index contributed by atoms with van der Waals surface area (Å²) < 4.78 is 64.5. The van der Waals surface area contributed by atoms with Gasteiger partial charge in [0, 0.05) is 6.54 Å². The molecule has 8 heteroatoms. The molecule has 1 atom stereocenters. The molecule has 0 saturated carbocycles. The number of nitrogens with one attached hydrogen (secondary N) is 1. The molecule has 0 spiro atoms. The monoisotopic (exact) mass is 297 g/mol. The topological polar surface area (TPSA) is 55.4 Å². The van der Waals surface area contributed by atoms with Crippen LogP contribution in [0.25, 0.3) is 0 Å². The molecule has 4 nitrogen and oxygen atoms in total. The van der Waals surface area contributed by atoms with Gasteiger partial charge in [-0.3, -0.25) is 0 Å². The molecule has 0 fully saturated rings. The Hall–Kier alpha value is -1.28. The summed E-state index contributed by atoms with van der Waals surface area (Å²) >= 11 is 0. The molecule has 0 saturated heterocycles. The number of halogens is 3. The molecule has 0 bridgehead atoms. The maximum absolute atomic E-state index is 12.3. The zero-order chi connectivity index (χ0) is 14.7. The van der Waals surface area contributed by atoms with Crippen LogP contribution in [0.1, 0.15) is 6.92 Å². The van der Waals surface area contributed by atoms with E-state index in [-0.39, 0.29) is 6.10 Å². The number of ether oxygens (including phenoxy) is 1. The molecule has 108 valence electrons. The third kappa shape index (κ3) is 3.84. The first-order valence-corrected chi connectivity index (χ1v) is 6.89. The Morgan fingerprint density at radius 2 is 1.79 bits per heavy atom. The van der Waals surface area contributed by atoms with Crippen LogP contribution in [0, 0.1) is 0 Å². The summed E-state index contributed by atoms with van der Waals surface area (Å²) in [4.78, 5) is -0.798. The molecule has 1 rings (SSSR count). The fourth-order valence-electron chi connectivity index (χ4n) is 1.39. The van der Waals surface area contributed by atoms with Gasteiger partial charge in [0.2, 0.25) is 0 Å². The lowest BCUT2D eigenvalue weighted by atomic mass is 10.3. The zero-order valence-corrected chi connectivity index (χ0v) is 11.2. The molecule has 1 N–H and O–H groups in total.